The summed E-state index contributed by atoms with van der Waals surface area (Å²) in [7, 11) is 0. The summed E-state index contributed by atoms with van der Waals surface area (Å²) in [4.78, 5) is 28.7. The summed E-state index contributed by atoms with van der Waals surface area (Å²) in [6, 6.07) is 28.2. The zero-order valence-electron chi connectivity index (χ0n) is 37.2. The van der Waals surface area contributed by atoms with E-state index in [4.69, 9.17) is 39.1 Å². The van der Waals surface area contributed by atoms with Gasteiger partial charge in [0.25, 0.3) is 0 Å². The SMILES string of the molecule is C#CC#CC#CC#CC#CC#CC#CC#CC#CC#CC#COc1cc(C)cc(C(OC(=O)C(CSC(C)(C)C)NC(=O)C(C)Cc2ccccc2)(c2ccc(Cl)cc2)c2ccc(Cl)cc2)c1. The van der Waals surface area contributed by atoms with Crippen molar-refractivity contribution in [2.24, 2.45) is 5.92 Å². The Labute approximate surface area is 409 Å². The molecule has 324 valence electrons. The number of amides is 1. The molecule has 0 saturated carbocycles. The zero-order valence-corrected chi connectivity index (χ0v) is 39.5. The van der Waals surface area contributed by atoms with Crippen LogP contribution < -0.4 is 10.1 Å². The number of terminal acetylenes is 1. The van der Waals surface area contributed by atoms with E-state index in [0.29, 0.717) is 38.9 Å². The Kier molecular flexibility index (Phi) is 20.8. The van der Waals surface area contributed by atoms with E-state index in [1.54, 1.807) is 72.4 Å². The molecule has 0 fully saturated rings. The fourth-order valence-corrected chi connectivity index (χ4v) is 6.97. The molecule has 8 heteroatoms. The summed E-state index contributed by atoms with van der Waals surface area (Å²) >= 11 is 14.4. The highest BCUT2D eigenvalue weighted by Crippen LogP contribution is 2.43. The first kappa shape index (κ1) is 51.3. The van der Waals surface area contributed by atoms with Gasteiger partial charge in [0.15, 0.2) is 5.60 Å². The third kappa shape index (κ3) is 18.0. The lowest BCUT2D eigenvalue weighted by Gasteiger charge is -2.37. The van der Waals surface area contributed by atoms with Crippen molar-refractivity contribution in [3.63, 3.8) is 0 Å². The topological polar surface area (TPSA) is 64.6 Å². The molecule has 0 spiro atoms. The van der Waals surface area contributed by atoms with Gasteiger partial charge in [0, 0.05) is 114 Å². The number of rotatable bonds is 12. The highest BCUT2D eigenvalue weighted by Gasteiger charge is 2.43. The van der Waals surface area contributed by atoms with Gasteiger partial charge < -0.3 is 14.8 Å². The molecule has 0 heterocycles. The lowest BCUT2D eigenvalue weighted by atomic mass is 9.79. The van der Waals surface area contributed by atoms with Gasteiger partial charge in [0.05, 0.1) is 0 Å². The Morgan fingerprint density at radius 3 is 1.57 bits per heavy atom. The number of carbonyl (C=O) groups excluding carboxylic acids is 2. The van der Waals surface area contributed by atoms with Crippen LogP contribution in [0.1, 0.15) is 55.5 Å². The molecule has 1 amide bonds. The highest BCUT2D eigenvalue weighted by atomic mass is 35.5. The fraction of sp³-hybridized carbons (Fsp3) is 0.186. The van der Waals surface area contributed by atoms with Crippen LogP contribution in [0.3, 0.4) is 0 Å². The van der Waals surface area contributed by atoms with E-state index in [-0.39, 0.29) is 16.4 Å². The number of esters is 1. The van der Waals surface area contributed by atoms with Crippen LogP contribution in [0.5, 0.6) is 5.75 Å². The van der Waals surface area contributed by atoms with Crippen LogP contribution in [-0.4, -0.2) is 28.4 Å². The number of halogens is 2. The van der Waals surface area contributed by atoms with Crippen molar-refractivity contribution in [1.29, 1.82) is 0 Å². The third-order valence-corrected chi connectivity index (χ3v) is 10.6. The van der Waals surface area contributed by atoms with E-state index in [1.165, 1.54) is 0 Å². The van der Waals surface area contributed by atoms with E-state index in [1.807, 2.05) is 71.0 Å². The average molecular weight is 929 g/mol. The second-order valence-electron chi connectivity index (χ2n) is 14.9. The summed E-state index contributed by atoms with van der Waals surface area (Å²) in [5, 5.41) is 4.00. The van der Waals surface area contributed by atoms with Gasteiger partial charge in [-0.1, -0.05) is 112 Å². The van der Waals surface area contributed by atoms with Gasteiger partial charge in [-0.05, 0) is 108 Å². The van der Waals surface area contributed by atoms with Crippen LogP contribution >= 0.6 is 35.0 Å². The molecule has 0 aliphatic heterocycles. The van der Waals surface area contributed by atoms with Gasteiger partial charge in [-0.15, -0.1) is 6.42 Å². The predicted molar refractivity (Wildman–Crippen MR) is 271 cm³/mol. The molecule has 0 saturated heterocycles. The first-order chi connectivity index (χ1) is 32.3. The van der Waals surface area contributed by atoms with Crippen molar-refractivity contribution in [2.75, 3.05) is 5.75 Å². The first-order valence-electron chi connectivity index (χ1n) is 20.3. The number of aryl methyl sites for hydroxylation is 1. The Morgan fingerprint density at radius 2 is 1.10 bits per heavy atom. The summed E-state index contributed by atoms with van der Waals surface area (Å²) < 4.78 is 12.5. The van der Waals surface area contributed by atoms with Gasteiger partial charge in [-0.2, -0.15) is 11.8 Å². The molecule has 0 bridgehead atoms. The van der Waals surface area contributed by atoms with Gasteiger partial charge >= 0.3 is 5.97 Å². The van der Waals surface area contributed by atoms with Crippen LogP contribution in [-0.2, 0) is 26.3 Å². The normalized spacial score (nSPS) is 10.2. The lowest BCUT2D eigenvalue weighted by Crippen LogP contribution is -2.49. The number of nitrogens with one attached hydrogen (secondary N) is 1. The molecule has 1 N–H and O–H groups in total. The molecule has 67 heavy (non-hydrogen) atoms. The maximum absolute atomic E-state index is 14.9. The van der Waals surface area contributed by atoms with Crippen molar-refractivity contribution in [1.82, 2.24) is 5.32 Å². The lowest BCUT2D eigenvalue weighted by molar-refractivity contribution is -0.156. The van der Waals surface area contributed by atoms with Gasteiger partial charge in [-0.25, -0.2) is 4.79 Å². The van der Waals surface area contributed by atoms with Crippen molar-refractivity contribution in [3.8, 4) is 137 Å². The molecule has 4 rings (SSSR count). The Bertz CT molecular complexity index is 3120. The molecule has 5 nitrogen and oxygen atoms in total. The zero-order chi connectivity index (χ0) is 48.3. The number of thioether (sulfide) groups is 1. The van der Waals surface area contributed by atoms with Crippen molar-refractivity contribution in [3.05, 3.63) is 135 Å². The number of hydrogen-bond donors (Lipinski definition) is 1. The maximum Gasteiger partial charge on any atom is 0.331 e. The van der Waals surface area contributed by atoms with Gasteiger partial charge in [0.2, 0.25) is 5.91 Å². The number of benzene rings is 4. The van der Waals surface area contributed by atoms with E-state index in [9.17, 15) is 9.59 Å². The van der Waals surface area contributed by atoms with Gasteiger partial charge in [-0.3, -0.25) is 4.79 Å². The summed E-state index contributed by atoms with van der Waals surface area (Å²) in [5.74, 6) is 49.3. The number of ether oxygens (including phenoxy) is 2. The van der Waals surface area contributed by atoms with Crippen LogP contribution in [0.25, 0.3) is 0 Å². The standard InChI is InChI=1S/C59H39Cl2NO4S/c1-7-8-9-10-11-12-13-14-15-16-17-18-19-20-21-22-23-24-25-29-40-65-54-42-46(2)41-51(44-54)59(49-32-36-52(60)37-33-49,50-34-38-53(61)39-35-50)66-57(64)55(45-67-58(4,5)6)62-56(63)47(3)43-48-30-27-26-28-31-48/h1,26-28,30-39,41-42,44,47,55H,43,45H2,2-6H3,(H,62,63). The summed E-state index contributed by atoms with van der Waals surface area (Å²) in [6.45, 7) is 9.87. The maximum atomic E-state index is 14.9. The molecule has 4 aromatic carbocycles. The fourth-order valence-electron chi connectivity index (χ4n) is 5.83. The molecule has 2 unspecified atom stereocenters. The van der Waals surface area contributed by atoms with E-state index >= 15 is 0 Å². The highest BCUT2D eigenvalue weighted by molar-refractivity contribution is 8.00. The molecule has 0 aliphatic rings. The monoisotopic (exact) mass is 927 g/mol. The van der Waals surface area contributed by atoms with Crippen LogP contribution in [0.15, 0.2) is 97.1 Å². The number of carbonyl (C=O) groups is 2. The van der Waals surface area contributed by atoms with Crippen molar-refractivity contribution < 1.29 is 19.1 Å². The van der Waals surface area contributed by atoms with Crippen LogP contribution in [0, 0.1) is 144 Å². The molecule has 0 radical (unpaired) electrons. The molecular weight excluding hydrogens is 890 g/mol. The molecule has 0 aliphatic carbocycles. The van der Waals surface area contributed by atoms with Crippen LogP contribution in [0.4, 0.5) is 0 Å². The Balaban J connectivity index is 1.64. The van der Waals surface area contributed by atoms with Crippen molar-refractivity contribution >= 4 is 46.8 Å². The first-order valence-corrected chi connectivity index (χ1v) is 22.0. The minimum Gasteiger partial charge on any atom is -0.443 e. The summed E-state index contributed by atoms with van der Waals surface area (Å²) in [6.07, 6.45) is 8.09. The Hall–Kier alpha value is -8.29. The minimum absolute atomic E-state index is 0.228. The van der Waals surface area contributed by atoms with E-state index in [0.717, 1.165) is 11.1 Å². The summed E-state index contributed by atoms with van der Waals surface area (Å²) in [5.41, 5.74) is 1.88. The third-order valence-electron chi connectivity index (χ3n) is 8.75. The molecule has 0 aromatic heterocycles. The van der Waals surface area contributed by atoms with Crippen LogP contribution in [0.2, 0.25) is 10.0 Å². The number of hydrogen-bond acceptors (Lipinski definition) is 5. The predicted octanol–water partition coefficient (Wildman–Crippen LogP) is 9.04. The molecule has 4 aromatic rings. The van der Waals surface area contributed by atoms with E-state index < -0.39 is 23.5 Å². The Morgan fingerprint density at radius 1 is 0.642 bits per heavy atom. The molecular formula is C59H39Cl2NO4S. The minimum atomic E-state index is -1.60. The average Bonchev–Trinajstić information content (AvgIpc) is 3.30. The second-order valence-corrected chi connectivity index (χ2v) is 17.7. The largest absolute Gasteiger partial charge is 0.443 e. The van der Waals surface area contributed by atoms with Gasteiger partial charge in [0.1, 0.15) is 17.9 Å². The van der Waals surface area contributed by atoms with Crippen molar-refractivity contribution in [2.45, 2.75) is 57.4 Å². The smallest absolute Gasteiger partial charge is 0.331 e. The quantitative estimate of drug-likeness (QED) is 0.0874. The second kappa shape index (κ2) is 27.1. The molecule has 2 atom stereocenters. The van der Waals surface area contributed by atoms with E-state index in [2.05, 4.69) is 130 Å².